The number of hydrogen-bond donors (Lipinski definition) is 4. The Labute approximate surface area is 122 Å². The zero-order valence-corrected chi connectivity index (χ0v) is 12.1. The summed E-state index contributed by atoms with van der Waals surface area (Å²) in [4.78, 5) is 30.6. The number of H-pyrrole nitrogens is 2. The molecular formula is C14H20N4O3. The highest BCUT2D eigenvalue weighted by atomic mass is 16.3. The number of aliphatic hydroxyl groups excluding tert-OH is 1. The number of benzene rings is 1. The maximum Gasteiger partial charge on any atom is 0.323 e. The minimum Gasteiger partial charge on any atom is -0.395 e. The largest absolute Gasteiger partial charge is 0.395 e. The van der Waals surface area contributed by atoms with Crippen molar-refractivity contribution in [3.63, 3.8) is 0 Å². The van der Waals surface area contributed by atoms with Crippen LogP contribution in [0.15, 0.2) is 23.0 Å². The summed E-state index contributed by atoms with van der Waals surface area (Å²) in [6, 6.07) is 4.83. The van der Waals surface area contributed by atoms with Gasteiger partial charge >= 0.3 is 5.69 Å². The van der Waals surface area contributed by atoms with Crippen molar-refractivity contribution in [2.24, 2.45) is 0 Å². The number of fused-ring (bicyclic) bond motifs is 1. The third kappa shape index (κ3) is 3.50. The van der Waals surface area contributed by atoms with E-state index in [0.717, 1.165) is 0 Å². The van der Waals surface area contributed by atoms with Crippen LogP contribution in [0.4, 0.5) is 5.69 Å². The zero-order valence-electron chi connectivity index (χ0n) is 12.1. The van der Waals surface area contributed by atoms with Gasteiger partial charge in [0.1, 0.15) is 0 Å². The van der Waals surface area contributed by atoms with Gasteiger partial charge in [0.05, 0.1) is 23.7 Å². The summed E-state index contributed by atoms with van der Waals surface area (Å²) in [5, 5.41) is 11.8. The third-order valence-electron chi connectivity index (χ3n) is 3.50. The van der Waals surface area contributed by atoms with Crippen LogP contribution in [0.3, 0.4) is 0 Å². The van der Waals surface area contributed by atoms with E-state index in [1.54, 1.807) is 25.1 Å². The van der Waals surface area contributed by atoms with Crippen LogP contribution in [-0.2, 0) is 4.79 Å². The van der Waals surface area contributed by atoms with E-state index in [4.69, 9.17) is 5.11 Å². The minimum atomic E-state index is -0.344. The Hall–Kier alpha value is -2.12. The molecule has 7 heteroatoms. The first-order chi connectivity index (χ1) is 10.0. The average Bonchev–Trinajstić information content (AvgIpc) is 2.83. The van der Waals surface area contributed by atoms with Gasteiger partial charge in [-0.05, 0) is 31.7 Å². The fourth-order valence-corrected chi connectivity index (χ4v) is 2.28. The zero-order chi connectivity index (χ0) is 15.4. The molecule has 114 valence electrons. The molecule has 2 rings (SSSR count). The molecule has 0 spiro atoms. The van der Waals surface area contributed by atoms with Crippen molar-refractivity contribution in [3.8, 4) is 0 Å². The van der Waals surface area contributed by atoms with Gasteiger partial charge in [-0.25, -0.2) is 4.79 Å². The SMILES string of the molecule is CCN(CCO)C(C)C(=O)Nc1ccc2[nH]c(=O)[nH]c2c1. The van der Waals surface area contributed by atoms with Crippen LogP contribution < -0.4 is 11.0 Å². The molecule has 1 aromatic heterocycles. The Bertz CT molecular complexity index is 676. The molecule has 1 heterocycles. The van der Waals surface area contributed by atoms with Gasteiger partial charge in [0.25, 0.3) is 0 Å². The molecule has 7 nitrogen and oxygen atoms in total. The van der Waals surface area contributed by atoms with Gasteiger partial charge in [0, 0.05) is 12.2 Å². The predicted molar refractivity (Wildman–Crippen MR) is 81.3 cm³/mol. The molecule has 1 amide bonds. The second kappa shape index (κ2) is 6.55. The van der Waals surface area contributed by atoms with Crippen molar-refractivity contribution in [3.05, 3.63) is 28.7 Å². The molecule has 1 atom stereocenters. The van der Waals surface area contributed by atoms with Gasteiger partial charge in [0.2, 0.25) is 5.91 Å². The molecule has 0 aliphatic carbocycles. The van der Waals surface area contributed by atoms with Crippen molar-refractivity contribution in [1.29, 1.82) is 0 Å². The Kier molecular flexibility index (Phi) is 4.77. The Morgan fingerprint density at radius 3 is 2.76 bits per heavy atom. The highest BCUT2D eigenvalue weighted by Crippen LogP contribution is 2.15. The Morgan fingerprint density at radius 1 is 1.38 bits per heavy atom. The molecule has 1 aromatic carbocycles. The number of nitrogens with one attached hydrogen (secondary N) is 3. The van der Waals surface area contributed by atoms with Crippen LogP contribution in [0.25, 0.3) is 11.0 Å². The van der Waals surface area contributed by atoms with Crippen LogP contribution in [0.1, 0.15) is 13.8 Å². The second-order valence-electron chi connectivity index (χ2n) is 4.86. The second-order valence-corrected chi connectivity index (χ2v) is 4.86. The smallest absolute Gasteiger partial charge is 0.323 e. The van der Waals surface area contributed by atoms with E-state index >= 15 is 0 Å². The van der Waals surface area contributed by atoms with E-state index in [2.05, 4.69) is 15.3 Å². The maximum absolute atomic E-state index is 12.2. The number of carbonyl (C=O) groups excluding carboxylic acids is 1. The first kappa shape index (κ1) is 15.3. The fraction of sp³-hybridized carbons (Fsp3) is 0.429. The molecule has 0 aliphatic heterocycles. The molecule has 21 heavy (non-hydrogen) atoms. The van der Waals surface area contributed by atoms with E-state index in [-0.39, 0.29) is 24.2 Å². The number of anilines is 1. The Morgan fingerprint density at radius 2 is 2.10 bits per heavy atom. The topological polar surface area (TPSA) is 101 Å². The van der Waals surface area contributed by atoms with Crippen molar-refractivity contribution < 1.29 is 9.90 Å². The predicted octanol–water partition coefficient (Wildman–Crippen LogP) is 0.497. The lowest BCUT2D eigenvalue weighted by molar-refractivity contribution is -0.120. The summed E-state index contributed by atoms with van der Waals surface area (Å²) in [7, 11) is 0. The lowest BCUT2D eigenvalue weighted by Gasteiger charge is -2.25. The molecular weight excluding hydrogens is 272 g/mol. The molecule has 0 fully saturated rings. The van der Waals surface area contributed by atoms with Gasteiger partial charge in [0.15, 0.2) is 0 Å². The highest BCUT2D eigenvalue weighted by molar-refractivity contribution is 5.96. The van der Waals surface area contributed by atoms with Gasteiger partial charge < -0.3 is 20.4 Å². The van der Waals surface area contributed by atoms with Gasteiger partial charge in [-0.1, -0.05) is 6.92 Å². The standard InChI is InChI=1S/C14H20N4O3/c1-3-18(6-7-19)9(2)13(20)15-10-4-5-11-12(8-10)17-14(21)16-11/h4-5,8-9,19H,3,6-7H2,1-2H3,(H,15,20)(H2,16,17,21). The van der Waals surface area contributed by atoms with Crippen LogP contribution >= 0.6 is 0 Å². The van der Waals surface area contributed by atoms with Crippen molar-refractivity contribution in [2.45, 2.75) is 19.9 Å². The molecule has 0 aliphatic rings. The van der Waals surface area contributed by atoms with E-state index in [9.17, 15) is 9.59 Å². The van der Waals surface area contributed by atoms with Gasteiger partial charge in [-0.3, -0.25) is 9.69 Å². The monoisotopic (exact) mass is 292 g/mol. The van der Waals surface area contributed by atoms with E-state index in [0.29, 0.717) is 29.8 Å². The summed E-state index contributed by atoms with van der Waals surface area (Å²) >= 11 is 0. The lowest BCUT2D eigenvalue weighted by atomic mass is 10.2. The maximum atomic E-state index is 12.2. The molecule has 0 saturated heterocycles. The molecule has 4 N–H and O–H groups in total. The summed E-state index contributed by atoms with van der Waals surface area (Å²) in [5.74, 6) is -0.150. The van der Waals surface area contributed by atoms with Crippen molar-refractivity contribution in [1.82, 2.24) is 14.9 Å². The highest BCUT2D eigenvalue weighted by Gasteiger charge is 2.19. The first-order valence-corrected chi connectivity index (χ1v) is 6.93. The molecule has 0 saturated carbocycles. The third-order valence-corrected chi connectivity index (χ3v) is 3.50. The van der Waals surface area contributed by atoms with Gasteiger partial charge in [-0.2, -0.15) is 0 Å². The number of rotatable bonds is 6. The van der Waals surface area contributed by atoms with Crippen LogP contribution in [0.2, 0.25) is 0 Å². The average molecular weight is 292 g/mol. The number of likely N-dealkylation sites (N-methyl/N-ethyl adjacent to an activating group) is 1. The first-order valence-electron chi connectivity index (χ1n) is 6.93. The van der Waals surface area contributed by atoms with Crippen molar-refractivity contribution >= 4 is 22.6 Å². The summed E-state index contributed by atoms with van der Waals surface area (Å²) < 4.78 is 0. The number of aromatic nitrogens is 2. The summed E-state index contributed by atoms with van der Waals surface area (Å²) in [6.45, 7) is 4.89. The van der Waals surface area contributed by atoms with Gasteiger partial charge in [-0.15, -0.1) is 0 Å². The summed E-state index contributed by atoms with van der Waals surface area (Å²) in [6.07, 6.45) is 0. The van der Waals surface area contributed by atoms with E-state index in [1.807, 2.05) is 11.8 Å². The van der Waals surface area contributed by atoms with Crippen LogP contribution in [0.5, 0.6) is 0 Å². The number of carbonyl (C=O) groups is 1. The number of hydrogen-bond acceptors (Lipinski definition) is 4. The molecule has 0 radical (unpaired) electrons. The number of aliphatic hydroxyl groups is 1. The number of nitrogens with zero attached hydrogens (tertiary/aromatic N) is 1. The quantitative estimate of drug-likeness (QED) is 0.622. The minimum absolute atomic E-state index is 0.0159. The molecule has 0 bridgehead atoms. The number of amides is 1. The number of imidazole rings is 1. The molecule has 2 aromatic rings. The summed E-state index contributed by atoms with van der Waals surface area (Å²) in [5.41, 5.74) is 1.69. The van der Waals surface area contributed by atoms with Crippen LogP contribution in [-0.4, -0.2) is 51.6 Å². The van der Waals surface area contributed by atoms with Crippen LogP contribution in [0, 0.1) is 0 Å². The van der Waals surface area contributed by atoms with Crippen molar-refractivity contribution in [2.75, 3.05) is 25.0 Å². The molecule has 1 unspecified atom stereocenters. The fourth-order valence-electron chi connectivity index (χ4n) is 2.28. The Balaban J connectivity index is 2.11. The normalized spacial score (nSPS) is 12.8. The van der Waals surface area contributed by atoms with E-state index < -0.39 is 0 Å². The van der Waals surface area contributed by atoms with E-state index in [1.165, 1.54) is 0 Å². The lowest BCUT2D eigenvalue weighted by Crippen LogP contribution is -2.43. The number of aromatic amines is 2.